The lowest BCUT2D eigenvalue weighted by atomic mass is 10.1. The zero-order chi connectivity index (χ0) is 14.5. The van der Waals surface area contributed by atoms with E-state index in [1.54, 1.807) is 30.1 Å². The van der Waals surface area contributed by atoms with Gasteiger partial charge in [-0.25, -0.2) is 10.8 Å². The van der Waals surface area contributed by atoms with Crippen LogP contribution in [-0.4, -0.2) is 10.9 Å². The zero-order valence-electron chi connectivity index (χ0n) is 10.3. The number of pyridine rings is 1. The molecule has 4 nitrogen and oxygen atoms in total. The van der Waals surface area contributed by atoms with Gasteiger partial charge in [-0.3, -0.25) is 10.2 Å². The molecule has 0 aliphatic rings. The Morgan fingerprint density at radius 3 is 2.70 bits per heavy atom. The van der Waals surface area contributed by atoms with E-state index in [2.05, 4.69) is 42.3 Å². The van der Waals surface area contributed by atoms with Gasteiger partial charge in [0, 0.05) is 26.5 Å². The Hall–Kier alpha value is -0.890. The number of thioether (sulfide) groups is 1. The molecule has 0 saturated carbocycles. The van der Waals surface area contributed by atoms with E-state index in [1.165, 1.54) is 0 Å². The number of nitrogens with two attached hydrogens (primary N) is 1. The summed E-state index contributed by atoms with van der Waals surface area (Å²) in [7, 11) is 0. The number of hydrogen-bond acceptors (Lipinski definition) is 4. The Bertz CT molecular complexity index is 620. The lowest BCUT2D eigenvalue weighted by Gasteiger charge is -2.06. The summed E-state index contributed by atoms with van der Waals surface area (Å²) >= 11 is 8.45. The van der Waals surface area contributed by atoms with E-state index in [9.17, 15) is 4.79 Å². The summed E-state index contributed by atoms with van der Waals surface area (Å²) in [5.74, 6) is 5.57. The molecule has 0 atom stereocenters. The first kappa shape index (κ1) is 15.5. The quantitative estimate of drug-likeness (QED) is 0.346. The van der Waals surface area contributed by atoms with Crippen LogP contribution in [0.2, 0.25) is 0 Å². The molecule has 7 heteroatoms. The van der Waals surface area contributed by atoms with Gasteiger partial charge in [-0.2, -0.15) is 0 Å². The standard InChI is InChI=1S/C13H11Br2N3OS/c14-10-3-4-12(17-6-10)20-7-9-2-1-8(5-11(9)15)13(19)18-16/h1-6H,7,16H2,(H,18,19). The second-order valence-electron chi connectivity index (χ2n) is 3.88. The molecule has 1 amide bonds. The fourth-order valence-electron chi connectivity index (χ4n) is 1.49. The average Bonchev–Trinajstić information content (AvgIpc) is 2.46. The van der Waals surface area contributed by atoms with Crippen molar-refractivity contribution >= 4 is 49.5 Å². The molecule has 0 radical (unpaired) electrons. The highest BCUT2D eigenvalue weighted by atomic mass is 79.9. The molecule has 1 aromatic heterocycles. The average molecular weight is 417 g/mol. The Kier molecular flexibility index (Phi) is 5.59. The van der Waals surface area contributed by atoms with Gasteiger partial charge >= 0.3 is 0 Å². The van der Waals surface area contributed by atoms with E-state index in [4.69, 9.17) is 5.84 Å². The Labute approximate surface area is 137 Å². The summed E-state index contributed by atoms with van der Waals surface area (Å²) in [6, 6.07) is 9.32. The van der Waals surface area contributed by atoms with Crippen molar-refractivity contribution in [1.29, 1.82) is 0 Å². The Balaban J connectivity index is 2.06. The van der Waals surface area contributed by atoms with Crippen molar-refractivity contribution in [2.75, 3.05) is 0 Å². The molecule has 0 spiro atoms. The molecular formula is C13H11Br2N3OS. The molecule has 1 aromatic carbocycles. The van der Waals surface area contributed by atoms with Crippen LogP contribution in [0.25, 0.3) is 0 Å². The van der Waals surface area contributed by atoms with E-state index >= 15 is 0 Å². The summed E-state index contributed by atoms with van der Waals surface area (Å²) < 4.78 is 1.84. The number of hydrogen-bond donors (Lipinski definition) is 2. The van der Waals surface area contributed by atoms with Gasteiger partial charge in [-0.05, 0) is 45.8 Å². The molecule has 3 N–H and O–H groups in total. The van der Waals surface area contributed by atoms with Gasteiger partial charge in [0.25, 0.3) is 5.91 Å². The highest BCUT2D eigenvalue weighted by molar-refractivity contribution is 9.10. The number of aromatic nitrogens is 1. The summed E-state index contributed by atoms with van der Waals surface area (Å²) in [4.78, 5) is 15.7. The number of nitrogens with one attached hydrogen (secondary N) is 1. The number of nitrogens with zero attached hydrogens (tertiary/aromatic N) is 1. The summed E-state index contributed by atoms with van der Waals surface area (Å²) in [6.45, 7) is 0. The fourth-order valence-corrected chi connectivity index (χ4v) is 3.27. The molecule has 1 heterocycles. The van der Waals surface area contributed by atoms with Gasteiger partial charge in [0.1, 0.15) is 0 Å². The maximum absolute atomic E-state index is 11.4. The van der Waals surface area contributed by atoms with Crippen molar-refractivity contribution in [3.05, 3.63) is 56.6 Å². The lowest BCUT2D eigenvalue weighted by Crippen LogP contribution is -2.29. The first-order chi connectivity index (χ1) is 9.60. The second kappa shape index (κ2) is 7.21. The van der Waals surface area contributed by atoms with Crippen molar-refractivity contribution in [2.24, 2.45) is 5.84 Å². The molecule has 20 heavy (non-hydrogen) atoms. The van der Waals surface area contributed by atoms with Crippen LogP contribution in [0.5, 0.6) is 0 Å². The molecule has 2 rings (SSSR count). The van der Waals surface area contributed by atoms with E-state index in [0.717, 1.165) is 25.3 Å². The third-order valence-electron chi connectivity index (χ3n) is 2.52. The van der Waals surface area contributed by atoms with Crippen LogP contribution >= 0.6 is 43.6 Å². The number of amides is 1. The number of nitrogen functional groups attached to an aromatic ring is 1. The largest absolute Gasteiger partial charge is 0.290 e. The van der Waals surface area contributed by atoms with Crippen LogP contribution in [0.15, 0.2) is 50.5 Å². The topological polar surface area (TPSA) is 68.0 Å². The number of carbonyl (C=O) groups is 1. The van der Waals surface area contributed by atoms with Gasteiger partial charge in [-0.15, -0.1) is 11.8 Å². The molecule has 104 valence electrons. The molecule has 0 unspecified atom stereocenters. The van der Waals surface area contributed by atoms with Crippen molar-refractivity contribution in [1.82, 2.24) is 10.4 Å². The SMILES string of the molecule is NNC(=O)c1ccc(CSc2ccc(Br)cn2)c(Br)c1. The maximum atomic E-state index is 11.4. The van der Waals surface area contributed by atoms with Crippen LogP contribution in [0.4, 0.5) is 0 Å². The lowest BCUT2D eigenvalue weighted by molar-refractivity contribution is 0.0953. The number of carbonyl (C=O) groups excluding carboxylic acids is 1. The van der Waals surface area contributed by atoms with Crippen molar-refractivity contribution in [3.63, 3.8) is 0 Å². The molecule has 0 fully saturated rings. The first-order valence-electron chi connectivity index (χ1n) is 5.64. The summed E-state index contributed by atoms with van der Waals surface area (Å²) in [5, 5.41) is 0.948. The number of halogens is 2. The van der Waals surface area contributed by atoms with Crippen molar-refractivity contribution in [3.8, 4) is 0 Å². The minimum atomic E-state index is -0.306. The van der Waals surface area contributed by atoms with E-state index in [1.807, 2.05) is 18.2 Å². The van der Waals surface area contributed by atoms with Crippen molar-refractivity contribution < 1.29 is 4.79 Å². The molecular weight excluding hydrogens is 406 g/mol. The number of benzene rings is 1. The van der Waals surface area contributed by atoms with Crippen LogP contribution < -0.4 is 11.3 Å². The summed E-state index contributed by atoms with van der Waals surface area (Å²) in [5.41, 5.74) is 3.73. The third-order valence-corrected chi connectivity index (χ3v) is 4.72. The third kappa shape index (κ3) is 4.05. The molecule has 0 saturated heterocycles. The Morgan fingerprint density at radius 1 is 1.30 bits per heavy atom. The van der Waals surface area contributed by atoms with Gasteiger partial charge in [-0.1, -0.05) is 22.0 Å². The van der Waals surface area contributed by atoms with Crippen LogP contribution in [0, 0.1) is 0 Å². The first-order valence-corrected chi connectivity index (χ1v) is 8.21. The van der Waals surface area contributed by atoms with Gasteiger partial charge in [0.15, 0.2) is 0 Å². The monoisotopic (exact) mass is 415 g/mol. The number of hydrazine groups is 1. The van der Waals surface area contributed by atoms with E-state index in [-0.39, 0.29) is 5.91 Å². The normalized spacial score (nSPS) is 10.3. The fraction of sp³-hybridized carbons (Fsp3) is 0.0769. The minimum absolute atomic E-state index is 0.306. The second-order valence-corrected chi connectivity index (χ2v) is 6.65. The molecule has 0 aliphatic heterocycles. The van der Waals surface area contributed by atoms with E-state index < -0.39 is 0 Å². The van der Waals surface area contributed by atoms with Crippen LogP contribution in [-0.2, 0) is 5.75 Å². The van der Waals surface area contributed by atoms with Gasteiger partial charge in [0.05, 0.1) is 5.03 Å². The van der Waals surface area contributed by atoms with Crippen LogP contribution in [0.3, 0.4) is 0 Å². The summed E-state index contributed by atoms with van der Waals surface area (Å²) in [6.07, 6.45) is 1.77. The van der Waals surface area contributed by atoms with Gasteiger partial charge in [0.2, 0.25) is 0 Å². The van der Waals surface area contributed by atoms with E-state index in [0.29, 0.717) is 5.56 Å². The molecule has 0 bridgehead atoms. The minimum Gasteiger partial charge on any atom is -0.290 e. The van der Waals surface area contributed by atoms with Gasteiger partial charge < -0.3 is 0 Å². The Morgan fingerprint density at radius 2 is 2.10 bits per heavy atom. The maximum Gasteiger partial charge on any atom is 0.265 e. The van der Waals surface area contributed by atoms with Crippen molar-refractivity contribution in [2.45, 2.75) is 10.8 Å². The predicted octanol–water partition coefficient (Wildman–Crippen LogP) is 3.50. The molecule has 0 aliphatic carbocycles. The zero-order valence-corrected chi connectivity index (χ0v) is 14.3. The smallest absolute Gasteiger partial charge is 0.265 e. The molecule has 2 aromatic rings. The number of rotatable bonds is 4. The highest BCUT2D eigenvalue weighted by Gasteiger charge is 2.07. The van der Waals surface area contributed by atoms with Crippen LogP contribution in [0.1, 0.15) is 15.9 Å². The highest BCUT2D eigenvalue weighted by Crippen LogP contribution is 2.27. The predicted molar refractivity (Wildman–Crippen MR) is 87.3 cm³/mol.